The Labute approximate surface area is 144 Å². The normalized spacial score (nSPS) is 20.5. The van der Waals surface area contributed by atoms with Gasteiger partial charge in [-0.15, -0.1) is 0 Å². The topological polar surface area (TPSA) is 100 Å². The Hall–Kier alpha value is -2.72. The highest BCUT2D eigenvalue weighted by Gasteiger charge is 2.34. The van der Waals surface area contributed by atoms with Crippen LogP contribution in [0.2, 0.25) is 0 Å². The highest BCUT2D eigenvalue weighted by molar-refractivity contribution is 5.60. The van der Waals surface area contributed by atoms with Gasteiger partial charge in [0.15, 0.2) is 0 Å². The Morgan fingerprint density at radius 2 is 2.16 bits per heavy atom. The summed E-state index contributed by atoms with van der Waals surface area (Å²) < 4.78 is 8.61. The van der Waals surface area contributed by atoms with Gasteiger partial charge in [0.1, 0.15) is 29.2 Å². The van der Waals surface area contributed by atoms with Gasteiger partial charge in [0.25, 0.3) is 0 Å². The lowest BCUT2D eigenvalue weighted by molar-refractivity contribution is 0.0842. The van der Waals surface area contributed by atoms with Crippen molar-refractivity contribution in [2.45, 2.75) is 51.4 Å². The summed E-state index contributed by atoms with van der Waals surface area (Å²) in [6, 6.07) is 5.38. The van der Waals surface area contributed by atoms with E-state index in [1.165, 1.54) is 9.13 Å². The van der Waals surface area contributed by atoms with Crippen LogP contribution in [-0.4, -0.2) is 24.9 Å². The lowest BCUT2D eigenvalue weighted by Gasteiger charge is -2.34. The Morgan fingerprint density at radius 1 is 1.40 bits per heavy atom. The van der Waals surface area contributed by atoms with Crippen molar-refractivity contribution >= 4 is 0 Å². The molecule has 7 heteroatoms. The van der Waals surface area contributed by atoms with Crippen LogP contribution in [0.15, 0.2) is 16.9 Å². The molecule has 1 aromatic carbocycles. The van der Waals surface area contributed by atoms with E-state index in [9.17, 15) is 20.3 Å². The number of aliphatic hydroxyl groups is 1. The van der Waals surface area contributed by atoms with E-state index >= 15 is 0 Å². The van der Waals surface area contributed by atoms with Crippen molar-refractivity contribution in [3.8, 4) is 23.4 Å². The molecule has 0 amide bonds. The number of ether oxygens (including phenoxy) is 1. The van der Waals surface area contributed by atoms with Crippen LogP contribution in [0.1, 0.15) is 49.6 Å². The van der Waals surface area contributed by atoms with Crippen LogP contribution in [0.3, 0.4) is 0 Å². The molecule has 4 rings (SSSR count). The molecule has 0 bridgehead atoms. The molecule has 0 spiro atoms. The summed E-state index contributed by atoms with van der Waals surface area (Å²) >= 11 is 0. The minimum atomic E-state index is -0.849. The summed E-state index contributed by atoms with van der Waals surface area (Å²) in [6.45, 7) is 4.28. The third kappa shape index (κ3) is 2.18. The number of nitrogens with zero attached hydrogens (tertiary/aromatic N) is 3. The Bertz CT molecular complexity index is 978. The molecule has 0 saturated heterocycles. The maximum absolute atomic E-state index is 12.7. The van der Waals surface area contributed by atoms with Crippen LogP contribution >= 0.6 is 0 Å². The lowest BCUT2D eigenvalue weighted by Crippen LogP contribution is -2.34. The summed E-state index contributed by atoms with van der Waals surface area (Å²) in [5, 5.41) is 30.0. The minimum Gasteiger partial charge on any atom is -0.493 e. The molecule has 0 unspecified atom stereocenters. The second-order valence-electron chi connectivity index (χ2n) is 7.20. The second kappa shape index (κ2) is 5.14. The molecular formula is C18H19N3O4. The van der Waals surface area contributed by atoms with E-state index in [1.54, 1.807) is 12.1 Å². The van der Waals surface area contributed by atoms with Crippen LogP contribution in [0, 0.1) is 11.3 Å². The average Bonchev–Trinajstić information content (AvgIpc) is 3.06. The number of rotatable bonds is 1. The first kappa shape index (κ1) is 15.8. The third-order valence-corrected chi connectivity index (χ3v) is 5.05. The van der Waals surface area contributed by atoms with Gasteiger partial charge in [0.05, 0.1) is 11.3 Å². The highest BCUT2D eigenvalue weighted by atomic mass is 16.5. The van der Waals surface area contributed by atoms with E-state index < -0.39 is 11.7 Å². The fourth-order valence-corrected chi connectivity index (χ4v) is 3.73. The van der Waals surface area contributed by atoms with Crippen LogP contribution in [0.25, 0.3) is 5.69 Å². The number of hydrogen-bond acceptors (Lipinski definition) is 5. The Balaban J connectivity index is 1.97. The zero-order chi connectivity index (χ0) is 17.9. The fraction of sp³-hybridized carbons (Fsp3) is 0.444. The number of benzene rings is 1. The first-order valence-electron chi connectivity index (χ1n) is 8.32. The molecule has 25 heavy (non-hydrogen) atoms. The van der Waals surface area contributed by atoms with Gasteiger partial charge < -0.3 is 14.9 Å². The molecule has 7 nitrogen and oxygen atoms in total. The predicted octanol–water partition coefficient (Wildman–Crippen LogP) is 1.76. The number of aromatic hydroxyl groups is 1. The molecule has 1 atom stereocenters. The lowest BCUT2D eigenvalue weighted by atomic mass is 9.91. The molecule has 0 aliphatic carbocycles. The van der Waals surface area contributed by atoms with Crippen molar-refractivity contribution in [1.29, 1.82) is 5.26 Å². The maximum Gasteiger partial charge on any atom is 0.336 e. The van der Waals surface area contributed by atoms with Crippen molar-refractivity contribution in [3.63, 3.8) is 0 Å². The van der Waals surface area contributed by atoms with Crippen molar-refractivity contribution in [1.82, 2.24) is 9.13 Å². The van der Waals surface area contributed by atoms with E-state index in [0.717, 1.165) is 12.0 Å². The quantitative estimate of drug-likeness (QED) is 0.823. The van der Waals surface area contributed by atoms with Gasteiger partial charge in [-0.1, -0.05) is 0 Å². The van der Waals surface area contributed by atoms with Gasteiger partial charge in [-0.25, -0.2) is 9.36 Å². The SMILES string of the molecule is CC1(C)CCc2c(-n3c(O)c4n(c3=O)CC[C@H]4O)ccc(C#N)c2O1. The Kier molecular flexibility index (Phi) is 3.24. The molecular weight excluding hydrogens is 322 g/mol. The van der Waals surface area contributed by atoms with Crippen LogP contribution in [0.5, 0.6) is 11.6 Å². The predicted molar refractivity (Wildman–Crippen MR) is 89.0 cm³/mol. The molecule has 0 radical (unpaired) electrons. The van der Waals surface area contributed by atoms with E-state index in [4.69, 9.17) is 4.74 Å². The maximum atomic E-state index is 12.7. The molecule has 2 N–H and O–H groups in total. The molecule has 3 heterocycles. The number of fused-ring (bicyclic) bond motifs is 2. The van der Waals surface area contributed by atoms with Gasteiger partial charge in [0.2, 0.25) is 5.88 Å². The zero-order valence-corrected chi connectivity index (χ0v) is 14.1. The number of hydrogen-bond donors (Lipinski definition) is 2. The van der Waals surface area contributed by atoms with Crippen LogP contribution in [-0.2, 0) is 13.0 Å². The number of aliphatic hydroxyl groups excluding tert-OH is 1. The summed E-state index contributed by atoms with van der Waals surface area (Å²) in [5.41, 5.74) is 1.10. The molecule has 2 aliphatic heterocycles. The molecule has 2 aliphatic rings. The molecule has 1 aromatic heterocycles. The van der Waals surface area contributed by atoms with Gasteiger partial charge in [-0.05, 0) is 45.2 Å². The van der Waals surface area contributed by atoms with Crippen molar-refractivity contribution in [2.75, 3.05) is 0 Å². The molecule has 0 fully saturated rings. The van der Waals surface area contributed by atoms with E-state index in [0.29, 0.717) is 36.4 Å². The van der Waals surface area contributed by atoms with Gasteiger partial charge >= 0.3 is 5.69 Å². The Morgan fingerprint density at radius 3 is 2.84 bits per heavy atom. The molecule has 130 valence electrons. The van der Waals surface area contributed by atoms with E-state index in [1.807, 2.05) is 13.8 Å². The summed E-state index contributed by atoms with van der Waals surface area (Å²) in [7, 11) is 0. The number of aromatic nitrogens is 2. The number of imidazole rings is 1. The van der Waals surface area contributed by atoms with Crippen LogP contribution in [0.4, 0.5) is 0 Å². The van der Waals surface area contributed by atoms with E-state index in [-0.39, 0.29) is 17.3 Å². The van der Waals surface area contributed by atoms with Gasteiger partial charge in [-0.2, -0.15) is 5.26 Å². The average molecular weight is 341 g/mol. The second-order valence-corrected chi connectivity index (χ2v) is 7.20. The van der Waals surface area contributed by atoms with Gasteiger partial charge in [-0.3, -0.25) is 4.57 Å². The first-order chi connectivity index (χ1) is 11.8. The monoisotopic (exact) mass is 341 g/mol. The smallest absolute Gasteiger partial charge is 0.336 e. The first-order valence-corrected chi connectivity index (χ1v) is 8.32. The van der Waals surface area contributed by atoms with E-state index in [2.05, 4.69) is 6.07 Å². The molecule has 2 aromatic rings. The van der Waals surface area contributed by atoms with Crippen LogP contribution < -0.4 is 10.4 Å². The minimum absolute atomic E-state index is 0.244. The summed E-state index contributed by atoms with van der Waals surface area (Å²) in [4.78, 5) is 12.7. The number of nitriles is 1. The third-order valence-electron chi connectivity index (χ3n) is 5.05. The zero-order valence-electron chi connectivity index (χ0n) is 14.1. The van der Waals surface area contributed by atoms with Crippen molar-refractivity contribution in [3.05, 3.63) is 39.4 Å². The van der Waals surface area contributed by atoms with Gasteiger partial charge in [0, 0.05) is 12.1 Å². The largest absolute Gasteiger partial charge is 0.493 e. The standard InChI is InChI=1S/C18H19N3O4/c1-18(2)7-5-11-12(4-3-10(9-19)15(11)25-18)21-16(23)14-13(22)6-8-20(14)17(21)24/h3-4,13,22-23H,5-8H2,1-2H3/t13-/m1/s1. The molecule has 0 saturated carbocycles. The summed E-state index contributed by atoms with van der Waals surface area (Å²) in [5.74, 6) is 0.223. The fourth-order valence-electron chi connectivity index (χ4n) is 3.73. The highest BCUT2D eigenvalue weighted by Crippen LogP contribution is 2.41. The summed E-state index contributed by atoms with van der Waals surface area (Å²) in [6.07, 6.45) is 0.927. The van der Waals surface area contributed by atoms with Crippen molar-refractivity contribution in [2.24, 2.45) is 0 Å². The van der Waals surface area contributed by atoms with Crippen molar-refractivity contribution < 1.29 is 14.9 Å².